The van der Waals surface area contributed by atoms with Crippen LogP contribution in [0, 0.1) is 19.8 Å². The molecule has 2 N–H and O–H groups in total. The molecule has 3 amide bonds. The third-order valence-corrected chi connectivity index (χ3v) is 6.69. The fraction of sp³-hybridized carbons (Fsp3) is 0.690. The highest BCUT2D eigenvalue weighted by atomic mass is 16.6. The number of carbonyl (C=O) groups is 3. The second-order valence-corrected chi connectivity index (χ2v) is 11.7. The molecule has 202 valence electrons. The highest BCUT2D eigenvalue weighted by molar-refractivity contribution is 5.93. The Hall–Kier alpha value is -2.57. The van der Waals surface area contributed by atoms with Gasteiger partial charge in [-0.3, -0.25) is 9.59 Å². The van der Waals surface area contributed by atoms with Crippen LogP contribution in [-0.4, -0.2) is 46.5 Å². The Morgan fingerprint density at radius 3 is 2.22 bits per heavy atom. The Morgan fingerprint density at radius 1 is 1.08 bits per heavy atom. The minimum Gasteiger partial charge on any atom is -0.444 e. The number of nitrogens with zero attached hydrogens (tertiary/aromatic N) is 1. The van der Waals surface area contributed by atoms with Crippen LogP contribution in [-0.2, 0) is 14.3 Å². The predicted octanol–water partition coefficient (Wildman–Crippen LogP) is 5.58. The number of benzene rings is 1. The summed E-state index contributed by atoms with van der Waals surface area (Å²) in [6.45, 7) is 17.2. The zero-order valence-electron chi connectivity index (χ0n) is 23.7. The van der Waals surface area contributed by atoms with Crippen LogP contribution in [0.2, 0.25) is 0 Å². The molecule has 0 radical (unpaired) electrons. The average Bonchev–Trinajstić information content (AvgIpc) is 2.70. The van der Waals surface area contributed by atoms with E-state index in [0.717, 1.165) is 48.8 Å². The maximum absolute atomic E-state index is 14.2. The predicted molar refractivity (Wildman–Crippen MR) is 144 cm³/mol. The topological polar surface area (TPSA) is 87.7 Å². The summed E-state index contributed by atoms with van der Waals surface area (Å²) in [6, 6.07) is 4.38. The molecule has 1 fully saturated rings. The van der Waals surface area contributed by atoms with Crippen molar-refractivity contribution in [3.8, 4) is 0 Å². The van der Waals surface area contributed by atoms with Crippen LogP contribution in [0.25, 0.3) is 0 Å². The molecule has 1 aliphatic rings. The van der Waals surface area contributed by atoms with Crippen LogP contribution >= 0.6 is 0 Å². The van der Waals surface area contributed by atoms with Crippen LogP contribution in [0.5, 0.6) is 0 Å². The van der Waals surface area contributed by atoms with E-state index >= 15 is 0 Å². The van der Waals surface area contributed by atoms with Gasteiger partial charge in [0, 0.05) is 12.1 Å². The number of nitrogens with one attached hydrogen (secondary N) is 2. The lowest BCUT2D eigenvalue weighted by Crippen LogP contribution is -2.59. The first-order valence-corrected chi connectivity index (χ1v) is 13.4. The zero-order valence-corrected chi connectivity index (χ0v) is 23.7. The summed E-state index contributed by atoms with van der Waals surface area (Å²) in [7, 11) is 0. The quantitative estimate of drug-likeness (QED) is 0.438. The molecule has 2 rings (SSSR count). The van der Waals surface area contributed by atoms with Gasteiger partial charge in [-0.15, -0.1) is 0 Å². The smallest absolute Gasteiger partial charge is 0.408 e. The van der Waals surface area contributed by atoms with Crippen molar-refractivity contribution in [3.63, 3.8) is 0 Å². The Morgan fingerprint density at radius 2 is 1.72 bits per heavy atom. The summed E-state index contributed by atoms with van der Waals surface area (Å²) in [4.78, 5) is 42.5. The number of alkyl carbamates (subject to hydrolysis) is 1. The highest BCUT2D eigenvalue weighted by Gasteiger charge is 2.43. The molecule has 1 saturated carbocycles. The number of amides is 3. The lowest BCUT2D eigenvalue weighted by Gasteiger charge is -2.44. The molecule has 0 aliphatic heterocycles. The van der Waals surface area contributed by atoms with Crippen molar-refractivity contribution in [3.05, 3.63) is 34.9 Å². The molecular formula is C29H47N3O4. The highest BCUT2D eigenvalue weighted by Crippen LogP contribution is 2.35. The van der Waals surface area contributed by atoms with Gasteiger partial charge >= 0.3 is 6.09 Å². The number of rotatable bonds is 10. The third kappa shape index (κ3) is 7.97. The monoisotopic (exact) mass is 501 g/mol. The first kappa shape index (κ1) is 29.7. The number of aryl methyl sites for hydroxylation is 2. The van der Waals surface area contributed by atoms with Crippen molar-refractivity contribution in [1.29, 1.82) is 0 Å². The fourth-order valence-electron chi connectivity index (χ4n) is 4.59. The molecule has 7 heteroatoms. The van der Waals surface area contributed by atoms with Crippen molar-refractivity contribution in [2.24, 2.45) is 5.92 Å². The summed E-state index contributed by atoms with van der Waals surface area (Å²) in [5.74, 6) is -0.608. The molecule has 0 aromatic heterocycles. The summed E-state index contributed by atoms with van der Waals surface area (Å²) >= 11 is 0. The first-order valence-electron chi connectivity index (χ1n) is 13.4. The number of hydrogen-bond acceptors (Lipinski definition) is 4. The van der Waals surface area contributed by atoms with Crippen LogP contribution in [0.3, 0.4) is 0 Å². The van der Waals surface area contributed by atoms with Crippen molar-refractivity contribution < 1.29 is 19.1 Å². The molecule has 0 bridgehead atoms. The lowest BCUT2D eigenvalue weighted by molar-refractivity contribution is -0.148. The van der Waals surface area contributed by atoms with Crippen LogP contribution in [0.4, 0.5) is 4.79 Å². The second-order valence-electron chi connectivity index (χ2n) is 11.7. The molecule has 7 nitrogen and oxygen atoms in total. The van der Waals surface area contributed by atoms with E-state index in [1.807, 2.05) is 52.8 Å². The van der Waals surface area contributed by atoms with Crippen molar-refractivity contribution >= 4 is 17.9 Å². The molecule has 0 spiro atoms. The standard InChI is InChI=1S/C29H47N3O4/c1-10-12-21(6)30-26(33)25(23-17-19(4)15-16-20(23)5)32(22-13-11-14-22)27(34)24(18(2)3)31-28(35)36-29(7,8)9/h15-18,21-22,24-25H,10-14H2,1-9H3,(H,30,33)(H,31,35). The Kier molecular flexibility index (Phi) is 10.4. The van der Waals surface area contributed by atoms with Gasteiger partial charge in [0.05, 0.1) is 0 Å². The summed E-state index contributed by atoms with van der Waals surface area (Å²) in [5.41, 5.74) is 2.14. The molecular weight excluding hydrogens is 454 g/mol. The normalized spacial score (nSPS) is 16.5. The SMILES string of the molecule is CCCC(C)NC(=O)C(c1cc(C)ccc1C)N(C(=O)C(NC(=O)OC(C)(C)C)C(C)C)C1CCC1. The third-order valence-electron chi connectivity index (χ3n) is 6.69. The molecule has 3 atom stereocenters. The Labute approximate surface area is 217 Å². The minimum absolute atomic E-state index is 0.00533. The molecule has 36 heavy (non-hydrogen) atoms. The molecule has 0 heterocycles. The van der Waals surface area contributed by atoms with E-state index in [1.54, 1.807) is 25.7 Å². The van der Waals surface area contributed by atoms with Crippen LogP contribution in [0.15, 0.2) is 18.2 Å². The van der Waals surface area contributed by atoms with E-state index in [0.29, 0.717) is 0 Å². The van der Waals surface area contributed by atoms with Crippen LogP contribution < -0.4 is 10.6 Å². The van der Waals surface area contributed by atoms with Gasteiger partial charge in [0.2, 0.25) is 11.8 Å². The summed E-state index contributed by atoms with van der Waals surface area (Å²) in [5, 5.41) is 5.96. The van der Waals surface area contributed by atoms with E-state index in [9.17, 15) is 14.4 Å². The van der Waals surface area contributed by atoms with E-state index in [-0.39, 0.29) is 29.8 Å². The van der Waals surface area contributed by atoms with Gasteiger partial charge in [-0.05, 0) is 84.3 Å². The van der Waals surface area contributed by atoms with E-state index in [4.69, 9.17) is 4.74 Å². The summed E-state index contributed by atoms with van der Waals surface area (Å²) < 4.78 is 5.46. The molecule has 3 unspecified atom stereocenters. The summed E-state index contributed by atoms with van der Waals surface area (Å²) in [6.07, 6.45) is 3.86. The average molecular weight is 502 g/mol. The zero-order chi connectivity index (χ0) is 27.2. The van der Waals surface area contributed by atoms with Crippen molar-refractivity contribution in [2.45, 2.75) is 124 Å². The molecule has 1 aliphatic carbocycles. The Bertz CT molecular complexity index is 918. The van der Waals surface area contributed by atoms with E-state index in [1.165, 1.54) is 0 Å². The Balaban J connectivity index is 2.53. The number of carbonyl (C=O) groups excluding carboxylic acids is 3. The fourth-order valence-corrected chi connectivity index (χ4v) is 4.59. The molecule has 1 aromatic carbocycles. The lowest BCUT2D eigenvalue weighted by atomic mass is 9.86. The number of ether oxygens (including phenoxy) is 1. The maximum Gasteiger partial charge on any atom is 0.408 e. The van der Waals surface area contributed by atoms with E-state index in [2.05, 4.69) is 17.6 Å². The van der Waals surface area contributed by atoms with Gasteiger partial charge in [-0.25, -0.2) is 4.79 Å². The molecule has 1 aromatic rings. The largest absolute Gasteiger partial charge is 0.444 e. The van der Waals surface area contributed by atoms with Crippen molar-refractivity contribution in [2.75, 3.05) is 0 Å². The van der Waals surface area contributed by atoms with Gasteiger partial charge in [-0.1, -0.05) is 51.0 Å². The second kappa shape index (κ2) is 12.6. The van der Waals surface area contributed by atoms with Crippen LogP contribution in [0.1, 0.15) is 103 Å². The number of hydrogen-bond donors (Lipinski definition) is 2. The molecule has 0 saturated heterocycles. The maximum atomic E-state index is 14.2. The van der Waals surface area contributed by atoms with Crippen molar-refractivity contribution in [1.82, 2.24) is 15.5 Å². The van der Waals surface area contributed by atoms with Gasteiger partial charge in [0.25, 0.3) is 0 Å². The van der Waals surface area contributed by atoms with Gasteiger partial charge < -0.3 is 20.3 Å². The van der Waals surface area contributed by atoms with Gasteiger partial charge in [0.1, 0.15) is 17.7 Å². The van der Waals surface area contributed by atoms with Gasteiger partial charge in [-0.2, -0.15) is 0 Å². The first-order chi connectivity index (χ1) is 16.7. The minimum atomic E-state index is -0.811. The van der Waals surface area contributed by atoms with Gasteiger partial charge in [0.15, 0.2) is 0 Å². The van der Waals surface area contributed by atoms with E-state index < -0.39 is 23.8 Å².